The fourth-order valence-corrected chi connectivity index (χ4v) is 3.26. The molecule has 0 aliphatic heterocycles. The summed E-state index contributed by atoms with van der Waals surface area (Å²) in [7, 11) is 0. The van der Waals surface area contributed by atoms with Crippen molar-refractivity contribution in [2.75, 3.05) is 0 Å². The lowest BCUT2D eigenvalue weighted by Gasteiger charge is -1.97. The maximum absolute atomic E-state index is 10.4. The second-order valence-electron chi connectivity index (χ2n) is 7.77. The number of hydrogen-bond acceptors (Lipinski definition) is 9. The topological polar surface area (TPSA) is 175 Å². The summed E-state index contributed by atoms with van der Waals surface area (Å²) >= 11 is 0. The molecule has 1 N–H and O–H groups in total. The molecule has 0 spiro atoms. The second-order valence-corrected chi connectivity index (χ2v) is 7.77. The van der Waals surface area contributed by atoms with Crippen molar-refractivity contribution in [2.45, 2.75) is 0 Å². The van der Waals surface area contributed by atoms with Crippen LogP contribution in [0.2, 0.25) is 0 Å². The monoisotopic (exact) mass is 539 g/mol. The van der Waals surface area contributed by atoms with E-state index in [-0.39, 0.29) is 0 Å². The van der Waals surface area contributed by atoms with E-state index in [1.54, 1.807) is 0 Å². The van der Waals surface area contributed by atoms with E-state index in [1.165, 1.54) is 0 Å². The number of nitro groups is 3. The van der Waals surface area contributed by atoms with Crippen LogP contribution in [0.5, 0.6) is 5.75 Å². The number of hydrogen-bond donors (Lipinski definition) is 1. The van der Waals surface area contributed by atoms with E-state index in [9.17, 15) is 30.3 Å². The van der Waals surface area contributed by atoms with Crippen LogP contribution in [-0.4, -0.2) is 29.8 Å². The lowest BCUT2D eigenvalue weighted by Crippen LogP contribution is -1.97. The highest BCUT2D eigenvalue weighted by Gasteiger charge is 2.30. The molecule has 0 aliphatic carbocycles. The number of benzene rings is 3. The van der Waals surface area contributed by atoms with Crippen LogP contribution in [0.25, 0.3) is 22.5 Å². The fraction of sp³-hybridized carbons (Fsp3) is 0. The molecule has 0 fully saturated rings. The number of rotatable bonds is 5. The third-order valence-electron chi connectivity index (χ3n) is 5.13. The zero-order valence-electron chi connectivity index (χ0n) is 20.7. The first-order valence-corrected chi connectivity index (χ1v) is 11.5. The molecule has 5 rings (SSSR count). The van der Waals surface area contributed by atoms with Gasteiger partial charge in [-0.25, -0.2) is 0 Å². The van der Waals surface area contributed by atoms with Gasteiger partial charge in [-0.05, 0) is 24.3 Å². The SMILES string of the molecule is O=[N+]([O-])c1cc([N+](=O)[O-])c(O)c([N+](=O)[O-])c1.c1ccc(-c2ccccn2)cc1.c1ccc(-c2ccccn2)cc1. The minimum Gasteiger partial charge on any atom is -0.497 e. The number of aromatic nitrogens is 2. The van der Waals surface area contributed by atoms with Gasteiger partial charge in [0.1, 0.15) is 0 Å². The van der Waals surface area contributed by atoms with E-state index >= 15 is 0 Å². The Morgan fingerprint density at radius 2 is 0.900 bits per heavy atom. The molecule has 40 heavy (non-hydrogen) atoms. The van der Waals surface area contributed by atoms with Crippen molar-refractivity contribution in [1.82, 2.24) is 9.97 Å². The molecule has 200 valence electrons. The molecular formula is C28H21N5O7. The van der Waals surface area contributed by atoms with Gasteiger partial charge in [-0.3, -0.25) is 40.3 Å². The van der Waals surface area contributed by atoms with Crippen molar-refractivity contribution >= 4 is 17.1 Å². The number of nitrogens with zero attached hydrogens (tertiary/aromatic N) is 5. The molecule has 0 atom stereocenters. The fourth-order valence-electron chi connectivity index (χ4n) is 3.26. The Labute approximate surface area is 227 Å². The van der Waals surface area contributed by atoms with E-state index in [4.69, 9.17) is 5.11 Å². The molecule has 0 saturated carbocycles. The van der Waals surface area contributed by atoms with Crippen LogP contribution in [0.4, 0.5) is 17.1 Å². The molecule has 0 amide bonds. The van der Waals surface area contributed by atoms with Crippen LogP contribution in [0.1, 0.15) is 0 Å². The van der Waals surface area contributed by atoms with Crippen molar-refractivity contribution in [2.24, 2.45) is 0 Å². The van der Waals surface area contributed by atoms with Crippen LogP contribution in [-0.2, 0) is 0 Å². The Balaban J connectivity index is 0.000000167. The van der Waals surface area contributed by atoms with Crippen molar-refractivity contribution < 1.29 is 19.9 Å². The molecule has 0 aliphatic rings. The van der Waals surface area contributed by atoms with E-state index in [1.807, 2.05) is 85.2 Å². The molecule has 12 nitrogen and oxygen atoms in total. The van der Waals surface area contributed by atoms with Gasteiger partial charge < -0.3 is 5.11 Å². The van der Waals surface area contributed by atoms with Crippen LogP contribution in [0, 0.1) is 30.3 Å². The Hall–Kier alpha value is -6.04. The molecule has 5 aromatic rings. The maximum Gasteiger partial charge on any atom is 0.324 e. The zero-order valence-corrected chi connectivity index (χ0v) is 20.7. The average molecular weight is 540 g/mol. The normalized spacial score (nSPS) is 9.70. The van der Waals surface area contributed by atoms with Crippen LogP contribution < -0.4 is 0 Å². The largest absolute Gasteiger partial charge is 0.497 e. The molecule has 0 saturated heterocycles. The van der Waals surface area contributed by atoms with Crippen molar-refractivity contribution in [3.63, 3.8) is 0 Å². The smallest absolute Gasteiger partial charge is 0.324 e. The summed E-state index contributed by atoms with van der Waals surface area (Å²) < 4.78 is 0. The quantitative estimate of drug-likeness (QED) is 0.190. The predicted octanol–water partition coefficient (Wildman–Crippen LogP) is 6.61. The molecule has 3 aromatic carbocycles. The highest BCUT2D eigenvalue weighted by atomic mass is 16.6. The van der Waals surface area contributed by atoms with E-state index in [0.717, 1.165) is 22.5 Å². The minimum absolute atomic E-state index is 0.447. The summed E-state index contributed by atoms with van der Waals surface area (Å²) in [5.41, 5.74) is 1.38. The summed E-state index contributed by atoms with van der Waals surface area (Å²) in [4.78, 5) is 36.3. The number of non-ortho nitro benzene ring substituents is 1. The molecule has 12 heteroatoms. The van der Waals surface area contributed by atoms with E-state index in [2.05, 4.69) is 34.2 Å². The standard InChI is InChI=1S/2C11H9N.C6H3N3O7/c2*1-2-6-10(7-3-1)11-8-4-5-9-12-11;10-6-4(8(13)14)1-3(7(11)12)2-5(6)9(15)16/h2*1-9H;1-2,10H. The first-order valence-electron chi connectivity index (χ1n) is 11.5. The lowest BCUT2D eigenvalue weighted by molar-refractivity contribution is -0.404. The number of pyridine rings is 2. The number of phenolic OH excluding ortho intramolecular Hbond substituents is 1. The van der Waals surface area contributed by atoms with Crippen LogP contribution in [0.3, 0.4) is 0 Å². The Morgan fingerprint density at radius 1 is 0.525 bits per heavy atom. The summed E-state index contributed by atoms with van der Waals surface area (Å²) in [6, 6.07) is 33.1. The highest BCUT2D eigenvalue weighted by molar-refractivity contribution is 5.64. The summed E-state index contributed by atoms with van der Waals surface area (Å²) in [6.07, 6.45) is 3.62. The Kier molecular flexibility index (Phi) is 10.0. The van der Waals surface area contributed by atoms with Gasteiger partial charge in [0.25, 0.3) is 11.4 Å². The average Bonchev–Trinajstić information content (AvgIpc) is 2.99. The molecule has 0 unspecified atom stereocenters. The summed E-state index contributed by atoms with van der Waals surface area (Å²) in [6.45, 7) is 0. The molecule has 0 bridgehead atoms. The van der Waals surface area contributed by atoms with Gasteiger partial charge in [0, 0.05) is 23.5 Å². The van der Waals surface area contributed by atoms with Gasteiger partial charge in [0.2, 0.25) is 0 Å². The van der Waals surface area contributed by atoms with Crippen LogP contribution in [0.15, 0.2) is 122 Å². The first kappa shape index (κ1) is 28.5. The Bertz CT molecular complexity index is 1390. The number of phenols is 1. The van der Waals surface area contributed by atoms with Crippen molar-refractivity contribution in [3.05, 3.63) is 152 Å². The van der Waals surface area contributed by atoms with Crippen LogP contribution >= 0.6 is 0 Å². The van der Waals surface area contributed by atoms with Gasteiger partial charge in [-0.2, -0.15) is 0 Å². The third-order valence-corrected chi connectivity index (χ3v) is 5.13. The molecular weight excluding hydrogens is 518 g/mol. The zero-order chi connectivity index (χ0) is 28.9. The summed E-state index contributed by atoms with van der Waals surface area (Å²) in [5.74, 6) is -1.21. The third kappa shape index (κ3) is 7.98. The Morgan fingerprint density at radius 3 is 1.20 bits per heavy atom. The van der Waals surface area contributed by atoms with E-state index in [0.29, 0.717) is 12.1 Å². The molecule has 2 heterocycles. The molecule has 0 radical (unpaired) electrons. The lowest BCUT2D eigenvalue weighted by atomic mass is 10.1. The molecule has 2 aromatic heterocycles. The van der Waals surface area contributed by atoms with Crippen molar-refractivity contribution in [1.29, 1.82) is 0 Å². The predicted molar refractivity (Wildman–Crippen MR) is 147 cm³/mol. The highest BCUT2D eigenvalue weighted by Crippen LogP contribution is 2.38. The summed E-state index contributed by atoms with van der Waals surface area (Å²) in [5, 5.41) is 40.2. The van der Waals surface area contributed by atoms with Gasteiger partial charge >= 0.3 is 11.4 Å². The maximum atomic E-state index is 10.4. The van der Waals surface area contributed by atoms with Gasteiger partial charge in [0.05, 0.1) is 38.3 Å². The van der Waals surface area contributed by atoms with E-state index < -0.39 is 37.6 Å². The van der Waals surface area contributed by atoms with Gasteiger partial charge in [-0.1, -0.05) is 72.8 Å². The first-order chi connectivity index (χ1) is 19.3. The van der Waals surface area contributed by atoms with Crippen molar-refractivity contribution in [3.8, 4) is 28.3 Å². The minimum atomic E-state index is -1.21. The second kappa shape index (κ2) is 14.0. The van der Waals surface area contributed by atoms with Gasteiger partial charge in [-0.15, -0.1) is 0 Å². The number of nitro benzene ring substituents is 3. The number of aromatic hydroxyl groups is 1. The van der Waals surface area contributed by atoms with Gasteiger partial charge in [0.15, 0.2) is 0 Å².